The number of nitrogens with one attached hydrogen (secondary N) is 1. The topological polar surface area (TPSA) is 107 Å². The van der Waals surface area contributed by atoms with Gasteiger partial charge in [0.1, 0.15) is 5.82 Å². The van der Waals surface area contributed by atoms with Gasteiger partial charge >= 0.3 is 12.4 Å². The quantitative estimate of drug-likeness (QED) is 0.476. The molecule has 16 heteroatoms. The Morgan fingerprint density at radius 3 is 2.12 bits per heavy atom. The Bertz CT molecular complexity index is 1360. The minimum Gasteiger partial charge on any atom is -0.369 e. The molecule has 0 saturated heterocycles. The van der Waals surface area contributed by atoms with Gasteiger partial charge in [0.2, 0.25) is 11.8 Å². The number of hydrogen-bond donors (Lipinski definition) is 2. The second kappa shape index (κ2) is 10.9. The number of amides is 2. The zero-order valence-corrected chi connectivity index (χ0v) is 21.8. The largest absolute Gasteiger partial charge is 0.430 e. The Morgan fingerprint density at radius 2 is 1.60 bits per heavy atom. The third kappa shape index (κ3) is 5.87. The van der Waals surface area contributed by atoms with E-state index in [1.807, 2.05) is 0 Å². The molecule has 3 rings (SSSR count). The smallest absolute Gasteiger partial charge is 0.369 e. The van der Waals surface area contributed by atoms with Crippen LogP contribution in [0.4, 0.5) is 36.4 Å². The number of rotatable bonds is 7. The number of benzene rings is 2. The summed E-state index contributed by atoms with van der Waals surface area (Å²) < 4.78 is 122. The maximum Gasteiger partial charge on any atom is 0.430 e. The average molecular weight is 600 g/mol. The number of sulfonamides is 1. The van der Waals surface area contributed by atoms with Gasteiger partial charge in [0.25, 0.3) is 15.6 Å². The van der Waals surface area contributed by atoms with Crippen molar-refractivity contribution in [3.05, 3.63) is 59.4 Å². The molecule has 1 heterocycles. The van der Waals surface area contributed by atoms with Crippen molar-refractivity contribution in [1.29, 1.82) is 0 Å². The van der Waals surface area contributed by atoms with Gasteiger partial charge in [0, 0.05) is 26.1 Å². The summed E-state index contributed by atoms with van der Waals surface area (Å²) in [5.41, 5.74) is -7.39. The van der Waals surface area contributed by atoms with Gasteiger partial charge in [-0.2, -0.15) is 26.3 Å². The predicted molar refractivity (Wildman–Crippen MR) is 127 cm³/mol. The Labute approximate surface area is 224 Å². The van der Waals surface area contributed by atoms with E-state index in [2.05, 4.69) is 5.32 Å². The lowest BCUT2D eigenvalue weighted by Gasteiger charge is -2.39. The monoisotopic (exact) mass is 599 g/mol. The summed E-state index contributed by atoms with van der Waals surface area (Å²) in [6, 6.07) is 3.74. The fraction of sp³-hybridized carbons (Fsp3) is 0.417. The molecule has 0 saturated carbocycles. The summed E-state index contributed by atoms with van der Waals surface area (Å²) in [5.74, 6) is -1.99. The van der Waals surface area contributed by atoms with Crippen LogP contribution in [-0.4, -0.2) is 69.3 Å². The minimum absolute atomic E-state index is 0.220. The van der Waals surface area contributed by atoms with Crippen molar-refractivity contribution in [3.63, 3.8) is 0 Å². The van der Waals surface area contributed by atoms with Crippen LogP contribution in [-0.2, 0) is 31.6 Å². The van der Waals surface area contributed by atoms with Crippen LogP contribution in [0.2, 0.25) is 0 Å². The van der Waals surface area contributed by atoms with Crippen molar-refractivity contribution in [1.82, 2.24) is 10.2 Å². The lowest BCUT2D eigenvalue weighted by atomic mass is 9.87. The van der Waals surface area contributed by atoms with Gasteiger partial charge in [-0.3, -0.25) is 13.9 Å². The second-order valence-corrected chi connectivity index (χ2v) is 11.1. The molecule has 40 heavy (non-hydrogen) atoms. The molecule has 0 aromatic heterocycles. The highest BCUT2D eigenvalue weighted by Gasteiger charge is 2.71. The minimum atomic E-state index is -6.15. The summed E-state index contributed by atoms with van der Waals surface area (Å²) >= 11 is 0. The summed E-state index contributed by atoms with van der Waals surface area (Å²) in [6.45, 7) is -0.406. The van der Waals surface area contributed by atoms with Gasteiger partial charge in [0.05, 0.1) is 23.2 Å². The van der Waals surface area contributed by atoms with E-state index in [4.69, 9.17) is 0 Å². The highest BCUT2D eigenvalue weighted by Crippen LogP contribution is 2.51. The molecule has 1 atom stereocenters. The van der Waals surface area contributed by atoms with Crippen molar-refractivity contribution in [3.8, 4) is 0 Å². The molecule has 2 amide bonds. The molecule has 0 radical (unpaired) electrons. The van der Waals surface area contributed by atoms with Crippen molar-refractivity contribution in [2.75, 3.05) is 24.9 Å². The molecule has 1 aliphatic heterocycles. The fourth-order valence-corrected chi connectivity index (χ4v) is 5.92. The van der Waals surface area contributed by atoms with Gasteiger partial charge in [-0.05, 0) is 48.7 Å². The molecule has 0 unspecified atom stereocenters. The van der Waals surface area contributed by atoms with Crippen molar-refractivity contribution in [2.45, 2.75) is 48.2 Å². The van der Waals surface area contributed by atoms with E-state index in [0.29, 0.717) is 22.5 Å². The molecule has 2 N–H and O–H groups in total. The number of nitrogens with zero attached hydrogens (tertiary/aromatic N) is 2. The number of halogens is 7. The van der Waals surface area contributed by atoms with Crippen LogP contribution >= 0.6 is 0 Å². The van der Waals surface area contributed by atoms with Gasteiger partial charge in [0.15, 0.2) is 0 Å². The first-order valence-electron chi connectivity index (χ1n) is 11.6. The molecule has 0 fully saturated rings. The highest BCUT2D eigenvalue weighted by atomic mass is 32.2. The third-order valence-electron chi connectivity index (χ3n) is 6.36. The zero-order valence-electron chi connectivity index (χ0n) is 21.0. The second-order valence-electron chi connectivity index (χ2n) is 9.27. The van der Waals surface area contributed by atoms with E-state index in [9.17, 15) is 53.8 Å². The van der Waals surface area contributed by atoms with E-state index in [-0.39, 0.29) is 24.1 Å². The van der Waals surface area contributed by atoms with Crippen LogP contribution in [0.1, 0.15) is 24.0 Å². The summed E-state index contributed by atoms with van der Waals surface area (Å²) in [6.07, 6.45) is -13.3. The van der Waals surface area contributed by atoms with Crippen molar-refractivity contribution >= 4 is 27.5 Å². The number of aliphatic hydroxyl groups is 1. The number of anilines is 1. The Morgan fingerprint density at radius 1 is 1.02 bits per heavy atom. The normalized spacial score (nSPS) is 16.4. The molecule has 1 aliphatic rings. The maximum absolute atomic E-state index is 13.6. The first kappa shape index (κ1) is 31.1. The van der Waals surface area contributed by atoms with E-state index in [1.165, 1.54) is 19.0 Å². The van der Waals surface area contributed by atoms with Crippen molar-refractivity contribution < 1.29 is 53.8 Å². The molecular weight excluding hydrogens is 575 g/mol. The molecule has 0 spiro atoms. The lowest BCUT2D eigenvalue weighted by molar-refractivity contribution is -0.376. The number of likely N-dealkylation sites (N-methyl/N-ethyl adjacent to an activating group) is 1. The van der Waals surface area contributed by atoms with Crippen LogP contribution < -0.4 is 9.62 Å². The SMILES string of the molecule is CN(C)C(=O)CNC(=O)C[C@@H]1CCc2cc(C(O)(C(F)(F)F)C(F)(F)F)ccc2N1S(=O)(=O)c1ccc(F)cc1. The summed E-state index contributed by atoms with van der Waals surface area (Å²) in [4.78, 5) is 25.1. The van der Waals surface area contributed by atoms with E-state index < -0.39 is 75.1 Å². The molecule has 0 bridgehead atoms. The van der Waals surface area contributed by atoms with Gasteiger partial charge < -0.3 is 15.3 Å². The van der Waals surface area contributed by atoms with Crippen LogP contribution in [0.25, 0.3) is 0 Å². The first-order chi connectivity index (χ1) is 18.3. The Balaban J connectivity index is 2.09. The molecule has 220 valence electrons. The fourth-order valence-electron chi connectivity index (χ4n) is 4.20. The van der Waals surface area contributed by atoms with Crippen molar-refractivity contribution in [2.24, 2.45) is 0 Å². The van der Waals surface area contributed by atoms with Crippen LogP contribution in [0.15, 0.2) is 47.4 Å². The van der Waals surface area contributed by atoms with Gasteiger partial charge in [-0.25, -0.2) is 12.8 Å². The molecule has 2 aromatic carbocycles. The van der Waals surface area contributed by atoms with E-state index in [0.717, 1.165) is 24.3 Å². The molecule has 8 nitrogen and oxygen atoms in total. The van der Waals surface area contributed by atoms with Crippen LogP contribution in [0.3, 0.4) is 0 Å². The maximum atomic E-state index is 13.6. The van der Waals surface area contributed by atoms with Crippen LogP contribution in [0.5, 0.6) is 0 Å². The number of aryl methyl sites for hydroxylation is 1. The number of alkyl halides is 6. The number of hydrogen-bond acceptors (Lipinski definition) is 5. The number of carbonyl (C=O) groups is 2. The van der Waals surface area contributed by atoms with E-state index in [1.54, 1.807) is 0 Å². The van der Waals surface area contributed by atoms with Crippen LogP contribution in [0, 0.1) is 5.82 Å². The first-order valence-corrected chi connectivity index (χ1v) is 13.0. The standard InChI is InChI=1S/C24H24F7N3O5S/c1-33(2)21(36)13-32-20(35)12-17-7-3-14-11-15(22(37,23(26,27)28)24(29,30)31)4-10-19(14)34(17)40(38,39)18-8-5-16(25)6-9-18/h4-6,8-11,17,37H,3,7,12-13H2,1-2H3,(H,32,35)/t17-/m0/s1. The lowest BCUT2D eigenvalue weighted by Crippen LogP contribution is -2.54. The molecule has 0 aliphatic carbocycles. The number of fused-ring (bicyclic) bond motifs is 1. The number of carbonyl (C=O) groups excluding carboxylic acids is 2. The summed E-state index contributed by atoms with van der Waals surface area (Å²) in [7, 11) is -1.75. The Kier molecular flexibility index (Phi) is 8.46. The zero-order chi connectivity index (χ0) is 30.3. The van der Waals surface area contributed by atoms with E-state index >= 15 is 0 Å². The van der Waals surface area contributed by atoms with Gasteiger partial charge in [-0.1, -0.05) is 12.1 Å². The van der Waals surface area contributed by atoms with Gasteiger partial charge in [-0.15, -0.1) is 0 Å². The third-order valence-corrected chi connectivity index (χ3v) is 8.24. The average Bonchev–Trinajstić information content (AvgIpc) is 2.84. The summed E-state index contributed by atoms with van der Waals surface area (Å²) in [5, 5.41) is 12.1. The highest BCUT2D eigenvalue weighted by molar-refractivity contribution is 7.92. The molecular formula is C24H24F7N3O5S. The Hall–Kier alpha value is -3.40. The molecule has 2 aromatic rings. The predicted octanol–water partition coefficient (Wildman–Crippen LogP) is 3.24.